The van der Waals surface area contributed by atoms with Gasteiger partial charge in [-0.1, -0.05) is 11.3 Å². The smallest absolute Gasteiger partial charge is 0.281 e. The van der Waals surface area contributed by atoms with Crippen molar-refractivity contribution in [2.45, 2.75) is 32.5 Å². The van der Waals surface area contributed by atoms with Crippen molar-refractivity contribution in [2.75, 3.05) is 36.9 Å². The first kappa shape index (κ1) is 16.6. The first-order chi connectivity index (χ1) is 11.9. The zero-order valence-electron chi connectivity index (χ0n) is 14.5. The second-order valence-electron chi connectivity index (χ2n) is 7.17. The van der Waals surface area contributed by atoms with Gasteiger partial charge in [0.25, 0.3) is 11.7 Å². The van der Waals surface area contributed by atoms with Gasteiger partial charge in [0.15, 0.2) is 4.83 Å². The highest BCUT2D eigenvalue weighted by molar-refractivity contribution is 7.20. The van der Waals surface area contributed by atoms with Crippen LogP contribution in [0, 0.1) is 0 Å². The molecule has 2 aromatic rings. The van der Waals surface area contributed by atoms with Gasteiger partial charge in [0, 0.05) is 6.42 Å². The van der Waals surface area contributed by atoms with Crippen molar-refractivity contribution < 1.29 is 19.3 Å². The number of aromatic amines is 1. The first-order valence-electron chi connectivity index (χ1n) is 8.43. The molecule has 4 rings (SSSR count). The molecule has 0 spiro atoms. The van der Waals surface area contributed by atoms with Crippen LogP contribution in [0.15, 0.2) is 0 Å². The maximum absolute atomic E-state index is 11.8. The predicted octanol–water partition coefficient (Wildman–Crippen LogP) is 1.08. The standard InChI is InChI=1S/C17H22N4O3S/c1-17(2)7-9-10(8-24-17)15(21-3-5-23-6-4-21)20-16-11(9)12(18)13(25-16)14(19)22/h3-8,18H2,1-2H3,(H2,19,22)/p+1. The van der Waals surface area contributed by atoms with Crippen molar-refractivity contribution in [3.8, 4) is 0 Å². The summed E-state index contributed by atoms with van der Waals surface area (Å²) in [6.45, 7) is 7.71. The van der Waals surface area contributed by atoms with E-state index in [2.05, 4.69) is 23.7 Å². The van der Waals surface area contributed by atoms with Crippen LogP contribution in [0.1, 0.15) is 34.6 Å². The number of nitrogen functional groups attached to an aromatic ring is 1. The average molecular weight is 363 g/mol. The summed E-state index contributed by atoms with van der Waals surface area (Å²) >= 11 is 1.33. The molecule has 1 fully saturated rings. The number of nitrogens with two attached hydrogens (primary N) is 2. The zero-order valence-corrected chi connectivity index (χ0v) is 15.3. The van der Waals surface area contributed by atoms with Crippen LogP contribution in [0.4, 0.5) is 11.5 Å². The Balaban J connectivity index is 1.96. The number of anilines is 2. The number of pyridine rings is 1. The molecule has 2 aliphatic heterocycles. The minimum absolute atomic E-state index is 0.273. The van der Waals surface area contributed by atoms with E-state index in [0.717, 1.165) is 46.7 Å². The summed E-state index contributed by atoms with van der Waals surface area (Å²) < 4.78 is 11.5. The van der Waals surface area contributed by atoms with Crippen molar-refractivity contribution >= 4 is 39.0 Å². The van der Waals surface area contributed by atoms with E-state index in [1.165, 1.54) is 11.3 Å². The van der Waals surface area contributed by atoms with Crippen LogP contribution < -0.4 is 21.4 Å². The fourth-order valence-electron chi connectivity index (χ4n) is 3.64. The van der Waals surface area contributed by atoms with Crippen molar-refractivity contribution in [1.29, 1.82) is 0 Å². The van der Waals surface area contributed by atoms with E-state index >= 15 is 0 Å². The summed E-state index contributed by atoms with van der Waals surface area (Å²) in [6, 6.07) is 0. The lowest BCUT2D eigenvalue weighted by atomic mass is 9.89. The molecular weight excluding hydrogens is 340 g/mol. The largest absolute Gasteiger partial charge is 0.397 e. The lowest BCUT2D eigenvalue weighted by Gasteiger charge is -2.33. The third kappa shape index (κ3) is 2.74. The molecular formula is C17H23N4O3S+. The van der Waals surface area contributed by atoms with Gasteiger partial charge in [-0.15, -0.1) is 0 Å². The van der Waals surface area contributed by atoms with Gasteiger partial charge in [-0.05, 0) is 19.4 Å². The minimum atomic E-state index is -0.486. The fourth-order valence-corrected chi connectivity index (χ4v) is 4.64. The van der Waals surface area contributed by atoms with Crippen LogP contribution in [0.25, 0.3) is 10.2 Å². The molecule has 0 radical (unpaired) electrons. The molecule has 1 saturated heterocycles. The molecule has 134 valence electrons. The highest BCUT2D eigenvalue weighted by Gasteiger charge is 2.36. The number of morpholine rings is 1. The molecule has 8 heteroatoms. The average Bonchev–Trinajstić information content (AvgIpc) is 2.91. The molecule has 4 heterocycles. The van der Waals surface area contributed by atoms with Gasteiger partial charge in [0.05, 0.1) is 42.1 Å². The van der Waals surface area contributed by atoms with Crippen LogP contribution >= 0.6 is 11.3 Å². The van der Waals surface area contributed by atoms with Crippen LogP contribution in [0.3, 0.4) is 0 Å². The minimum Gasteiger partial charge on any atom is -0.397 e. The van der Waals surface area contributed by atoms with Gasteiger partial charge in [0.2, 0.25) is 0 Å². The Labute approximate surface area is 149 Å². The van der Waals surface area contributed by atoms with E-state index in [1.54, 1.807) is 0 Å². The number of aromatic nitrogens is 1. The molecule has 0 atom stereocenters. The Morgan fingerprint density at radius 1 is 1.28 bits per heavy atom. The summed E-state index contributed by atoms with van der Waals surface area (Å²) in [5.41, 5.74) is 14.3. The van der Waals surface area contributed by atoms with Crippen LogP contribution in [-0.2, 0) is 22.5 Å². The molecule has 0 aliphatic carbocycles. The van der Waals surface area contributed by atoms with Crippen molar-refractivity contribution in [1.82, 2.24) is 0 Å². The van der Waals surface area contributed by atoms with E-state index in [1.807, 2.05) is 0 Å². The molecule has 5 N–H and O–H groups in total. The van der Waals surface area contributed by atoms with E-state index in [4.69, 9.17) is 20.9 Å². The third-order valence-electron chi connectivity index (χ3n) is 4.89. The van der Waals surface area contributed by atoms with Gasteiger partial charge in [0.1, 0.15) is 18.0 Å². The molecule has 1 amide bonds. The Bertz CT molecular complexity index is 855. The lowest BCUT2D eigenvalue weighted by molar-refractivity contribution is -0.329. The SMILES string of the molecule is CC1(C)Cc2c(c(N3CCOCC3)[nH+]c3sc(C(N)=O)c(N)c23)CO1. The van der Waals surface area contributed by atoms with Crippen LogP contribution in [-0.4, -0.2) is 37.8 Å². The normalized spacial score (nSPS) is 19.8. The molecule has 25 heavy (non-hydrogen) atoms. The number of H-pyrrole nitrogens is 1. The topological polar surface area (TPSA) is 105 Å². The van der Waals surface area contributed by atoms with Gasteiger partial charge in [-0.3, -0.25) is 9.69 Å². The molecule has 0 bridgehead atoms. The van der Waals surface area contributed by atoms with Gasteiger partial charge in [-0.25, -0.2) is 4.98 Å². The van der Waals surface area contributed by atoms with Crippen molar-refractivity contribution in [3.63, 3.8) is 0 Å². The quantitative estimate of drug-likeness (QED) is 0.831. The summed E-state index contributed by atoms with van der Waals surface area (Å²) in [5.74, 6) is 0.554. The van der Waals surface area contributed by atoms with Crippen LogP contribution in [0.2, 0.25) is 0 Å². The number of primary amides is 1. The second-order valence-corrected chi connectivity index (χ2v) is 8.19. The Kier molecular flexibility index (Phi) is 3.86. The number of carbonyl (C=O) groups is 1. The number of hydrogen-bond acceptors (Lipinski definition) is 6. The molecule has 0 aromatic carbocycles. The van der Waals surface area contributed by atoms with Gasteiger partial charge in [-0.2, -0.15) is 0 Å². The Morgan fingerprint density at radius 2 is 2.00 bits per heavy atom. The summed E-state index contributed by atoms with van der Waals surface area (Å²) in [7, 11) is 0. The number of hydrogen-bond donors (Lipinski definition) is 2. The highest BCUT2D eigenvalue weighted by Crippen LogP contribution is 2.41. The first-order valence-corrected chi connectivity index (χ1v) is 9.24. The second kappa shape index (κ2) is 5.82. The van der Waals surface area contributed by atoms with Gasteiger partial charge >= 0.3 is 0 Å². The predicted molar refractivity (Wildman–Crippen MR) is 96.9 cm³/mol. The number of rotatable bonds is 2. The molecule has 0 unspecified atom stereocenters. The van der Waals surface area contributed by atoms with Gasteiger partial charge < -0.3 is 20.9 Å². The molecule has 7 nitrogen and oxygen atoms in total. The van der Waals surface area contributed by atoms with E-state index in [0.29, 0.717) is 30.4 Å². The number of ether oxygens (including phenoxy) is 2. The third-order valence-corrected chi connectivity index (χ3v) is 6.03. The van der Waals surface area contributed by atoms with E-state index in [9.17, 15) is 4.79 Å². The summed E-state index contributed by atoms with van der Waals surface area (Å²) in [6.07, 6.45) is 0.740. The summed E-state index contributed by atoms with van der Waals surface area (Å²) in [4.78, 5) is 18.8. The number of amides is 1. The van der Waals surface area contributed by atoms with Crippen molar-refractivity contribution in [2.24, 2.45) is 5.73 Å². The number of carbonyl (C=O) groups excluding carboxylic acids is 1. The maximum Gasteiger partial charge on any atom is 0.281 e. The molecule has 2 aromatic heterocycles. The summed E-state index contributed by atoms with van der Waals surface area (Å²) in [5, 5.41) is 0.919. The van der Waals surface area contributed by atoms with Crippen LogP contribution in [0.5, 0.6) is 0 Å². The lowest BCUT2D eigenvalue weighted by Crippen LogP contribution is -2.42. The number of fused-ring (bicyclic) bond motifs is 3. The number of thiophene rings is 1. The van der Waals surface area contributed by atoms with Crippen molar-refractivity contribution in [3.05, 3.63) is 16.0 Å². The molecule has 0 saturated carbocycles. The Hall–Kier alpha value is -1.90. The van der Waals surface area contributed by atoms with E-state index in [-0.39, 0.29) is 5.60 Å². The zero-order chi connectivity index (χ0) is 17.8. The highest BCUT2D eigenvalue weighted by atomic mass is 32.1. The fraction of sp³-hybridized carbons (Fsp3) is 0.529. The maximum atomic E-state index is 11.8. The number of nitrogens with zero attached hydrogens (tertiary/aromatic N) is 1. The van der Waals surface area contributed by atoms with E-state index < -0.39 is 5.91 Å². The molecule has 2 aliphatic rings. The Morgan fingerprint density at radius 3 is 2.68 bits per heavy atom. The number of nitrogens with one attached hydrogen (secondary N) is 1. The monoisotopic (exact) mass is 363 g/mol.